The number of ether oxygens (including phenoxy) is 2. The standard InChI is InChI=1S/C29H38N4O4/c1-8-22(27(34)36-7)25(23-12-13-24-26(18(23)3)30-31-33(24)9-2)20-11-10-19-14-15-32(17-21(19)16-20)28(35)37-29(4,5)6/h10-13,16,22,25H,8-9,14-15,17H2,1-7H3/t22?,25-/m1/s1. The molecule has 2 aromatic carbocycles. The molecule has 0 saturated heterocycles. The molecule has 0 spiro atoms. The van der Waals surface area contributed by atoms with Gasteiger partial charge in [-0.15, -0.1) is 5.10 Å². The number of methoxy groups -OCH3 is 1. The number of carbonyl (C=O) groups excluding carboxylic acids is 2. The number of rotatable bonds is 6. The Bertz CT molecular complexity index is 1310. The normalized spacial score (nSPS) is 15.3. The van der Waals surface area contributed by atoms with Crippen LogP contribution in [0.4, 0.5) is 4.79 Å². The van der Waals surface area contributed by atoms with Crippen LogP contribution in [0.3, 0.4) is 0 Å². The smallest absolute Gasteiger partial charge is 0.410 e. The van der Waals surface area contributed by atoms with Crippen molar-refractivity contribution >= 4 is 23.1 Å². The third-order valence-corrected chi connectivity index (χ3v) is 7.22. The van der Waals surface area contributed by atoms with Crippen LogP contribution in [0.25, 0.3) is 11.0 Å². The van der Waals surface area contributed by atoms with E-state index < -0.39 is 5.60 Å². The average molecular weight is 507 g/mol. The molecule has 1 aliphatic heterocycles. The van der Waals surface area contributed by atoms with Gasteiger partial charge in [0, 0.05) is 25.6 Å². The molecule has 2 atom stereocenters. The van der Waals surface area contributed by atoms with Crippen molar-refractivity contribution in [2.75, 3.05) is 13.7 Å². The van der Waals surface area contributed by atoms with Crippen molar-refractivity contribution in [1.29, 1.82) is 0 Å². The molecule has 0 fully saturated rings. The largest absolute Gasteiger partial charge is 0.469 e. The Hall–Kier alpha value is -3.42. The van der Waals surface area contributed by atoms with E-state index in [1.165, 1.54) is 12.7 Å². The van der Waals surface area contributed by atoms with Crippen LogP contribution in [0.2, 0.25) is 0 Å². The summed E-state index contributed by atoms with van der Waals surface area (Å²) < 4.78 is 12.7. The predicted octanol–water partition coefficient (Wildman–Crippen LogP) is 5.38. The molecule has 0 aliphatic carbocycles. The molecule has 1 aliphatic rings. The van der Waals surface area contributed by atoms with Crippen molar-refractivity contribution in [3.05, 3.63) is 58.1 Å². The number of carbonyl (C=O) groups is 2. The fourth-order valence-electron chi connectivity index (χ4n) is 5.32. The molecule has 0 bridgehead atoms. The summed E-state index contributed by atoms with van der Waals surface area (Å²) in [5, 5.41) is 8.74. The minimum atomic E-state index is -0.547. The van der Waals surface area contributed by atoms with Gasteiger partial charge >= 0.3 is 12.1 Å². The summed E-state index contributed by atoms with van der Waals surface area (Å²) in [6.07, 6.45) is 1.08. The molecule has 37 heavy (non-hydrogen) atoms. The number of aryl methyl sites for hydroxylation is 2. The molecule has 1 unspecified atom stereocenters. The van der Waals surface area contributed by atoms with E-state index in [9.17, 15) is 9.59 Å². The van der Waals surface area contributed by atoms with Gasteiger partial charge < -0.3 is 14.4 Å². The molecule has 4 rings (SSSR count). The lowest BCUT2D eigenvalue weighted by molar-refractivity contribution is -0.146. The summed E-state index contributed by atoms with van der Waals surface area (Å²) in [6.45, 7) is 13.6. The lowest BCUT2D eigenvalue weighted by Gasteiger charge is -2.32. The van der Waals surface area contributed by atoms with E-state index in [-0.39, 0.29) is 23.9 Å². The van der Waals surface area contributed by atoms with Crippen molar-refractivity contribution < 1.29 is 19.1 Å². The summed E-state index contributed by atoms with van der Waals surface area (Å²) in [4.78, 5) is 27.5. The van der Waals surface area contributed by atoms with Crippen LogP contribution in [-0.2, 0) is 33.8 Å². The molecular formula is C29H38N4O4. The minimum absolute atomic E-state index is 0.226. The molecule has 0 N–H and O–H groups in total. The van der Waals surface area contributed by atoms with Crippen molar-refractivity contribution in [3.63, 3.8) is 0 Å². The molecule has 0 radical (unpaired) electrons. The highest BCUT2D eigenvalue weighted by Crippen LogP contribution is 2.39. The Labute approximate surface area is 218 Å². The first-order chi connectivity index (χ1) is 17.6. The highest BCUT2D eigenvalue weighted by atomic mass is 16.6. The van der Waals surface area contributed by atoms with Gasteiger partial charge in [-0.3, -0.25) is 4.79 Å². The van der Waals surface area contributed by atoms with Gasteiger partial charge in [-0.2, -0.15) is 0 Å². The second-order valence-electron chi connectivity index (χ2n) is 10.7. The third kappa shape index (κ3) is 5.33. The average Bonchev–Trinajstić information content (AvgIpc) is 3.30. The topological polar surface area (TPSA) is 86.6 Å². The SMILES string of the molecule is CCC(C(=O)OC)[C@@H](c1ccc2c(c1)CN(C(=O)OC(C)(C)C)CC2)c1ccc2c(nnn2CC)c1C. The molecule has 2 heterocycles. The highest BCUT2D eigenvalue weighted by Gasteiger charge is 2.33. The number of hydrogen-bond acceptors (Lipinski definition) is 6. The van der Waals surface area contributed by atoms with Crippen LogP contribution in [0, 0.1) is 12.8 Å². The lowest BCUT2D eigenvalue weighted by Crippen LogP contribution is -2.40. The molecule has 3 aromatic rings. The summed E-state index contributed by atoms with van der Waals surface area (Å²) in [5.74, 6) is -0.834. The van der Waals surface area contributed by atoms with Gasteiger partial charge in [-0.1, -0.05) is 36.4 Å². The number of benzene rings is 2. The fourth-order valence-corrected chi connectivity index (χ4v) is 5.32. The maximum Gasteiger partial charge on any atom is 0.410 e. The van der Waals surface area contributed by atoms with Crippen molar-refractivity contribution in [1.82, 2.24) is 19.9 Å². The van der Waals surface area contributed by atoms with Crippen LogP contribution >= 0.6 is 0 Å². The number of esters is 1. The zero-order chi connectivity index (χ0) is 26.9. The summed E-state index contributed by atoms with van der Waals surface area (Å²) in [5.41, 5.74) is 6.64. The summed E-state index contributed by atoms with van der Waals surface area (Å²) in [6, 6.07) is 10.5. The lowest BCUT2D eigenvalue weighted by atomic mass is 9.76. The molecule has 8 nitrogen and oxygen atoms in total. The van der Waals surface area contributed by atoms with Gasteiger partial charge in [0.1, 0.15) is 11.1 Å². The zero-order valence-corrected chi connectivity index (χ0v) is 23.0. The second-order valence-corrected chi connectivity index (χ2v) is 10.7. The Morgan fingerprint density at radius 2 is 1.86 bits per heavy atom. The molecule has 198 valence electrons. The number of nitrogens with zero attached hydrogens (tertiary/aromatic N) is 4. The highest BCUT2D eigenvalue weighted by molar-refractivity contribution is 5.81. The zero-order valence-electron chi connectivity index (χ0n) is 23.0. The van der Waals surface area contributed by atoms with Crippen LogP contribution in [-0.4, -0.2) is 51.2 Å². The van der Waals surface area contributed by atoms with E-state index in [4.69, 9.17) is 9.47 Å². The van der Waals surface area contributed by atoms with Gasteiger partial charge in [0.15, 0.2) is 0 Å². The third-order valence-electron chi connectivity index (χ3n) is 7.22. The molecule has 1 aromatic heterocycles. The van der Waals surface area contributed by atoms with E-state index in [1.54, 1.807) is 4.90 Å². The molecule has 0 saturated carbocycles. The van der Waals surface area contributed by atoms with Gasteiger partial charge in [0.25, 0.3) is 0 Å². The van der Waals surface area contributed by atoms with Crippen LogP contribution in [0.15, 0.2) is 30.3 Å². The molecule has 1 amide bonds. The number of fused-ring (bicyclic) bond motifs is 2. The van der Waals surface area contributed by atoms with Gasteiger partial charge in [0.05, 0.1) is 18.5 Å². The van der Waals surface area contributed by atoms with E-state index in [1.807, 2.05) is 52.3 Å². The van der Waals surface area contributed by atoms with Crippen molar-refractivity contribution in [2.45, 2.75) is 79.0 Å². The Balaban J connectivity index is 1.78. The Morgan fingerprint density at radius 1 is 1.11 bits per heavy atom. The summed E-state index contributed by atoms with van der Waals surface area (Å²) in [7, 11) is 1.44. The first kappa shape index (κ1) is 26.6. The number of aromatic nitrogens is 3. The first-order valence-electron chi connectivity index (χ1n) is 13.1. The number of amides is 1. The van der Waals surface area contributed by atoms with E-state index in [0.29, 0.717) is 19.5 Å². The quantitative estimate of drug-likeness (QED) is 0.417. The van der Waals surface area contributed by atoms with Gasteiger partial charge in [-0.05, 0) is 81.3 Å². The molecular weight excluding hydrogens is 468 g/mol. The van der Waals surface area contributed by atoms with Gasteiger partial charge in [0.2, 0.25) is 0 Å². The van der Waals surface area contributed by atoms with Crippen molar-refractivity contribution in [2.24, 2.45) is 5.92 Å². The van der Waals surface area contributed by atoms with Crippen LogP contribution < -0.4 is 0 Å². The second kappa shape index (κ2) is 10.5. The van der Waals surface area contributed by atoms with E-state index in [0.717, 1.165) is 46.3 Å². The Morgan fingerprint density at radius 3 is 2.51 bits per heavy atom. The van der Waals surface area contributed by atoms with Crippen LogP contribution in [0.1, 0.15) is 74.8 Å². The van der Waals surface area contributed by atoms with Gasteiger partial charge in [-0.25, -0.2) is 9.48 Å². The predicted molar refractivity (Wildman–Crippen MR) is 142 cm³/mol. The monoisotopic (exact) mass is 506 g/mol. The first-order valence-corrected chi connectivity index (χ1v) is 13.1. The summed E-state index contributed by atoms with van der Waals surface area (Å²) >= 11 is 0. The van der Waals surface area contributed by atoms with E-state index in [2.05, 4.69) is 34.6 Å². The van der Waals surface area contributed by atoms with E-state index >= 15 is 0 Å². The minimum Gasteiger partial charge on any atom is -0.469 e. The van der Waals surface area contributed by atoms with Crippen molar-refractivity contribution in [3.8, 4) is 0 Å². The van der Waals surface area contributed by atoms with Crippen LogP contribution in [0.5, 0.6) is 0 Å². The maximum absolute atomic E-state index is 13.0. The Kier molecular flexibility index (Phi) is 7.57. The maximum atomic E-state index is 13.0. The number of hydrogen-bond donors (Lipinski definition) is 0. The molecule has 8 heteroatoms. The fraction of sp³-hybridized carbons (Fsp3) is 0.517.